The molecule has 1 aliphatic heterocycles. The van der Waals surface area contributed by atoms with Crippen LogP contribution >= 0.6 is 0 Å². The van der Waals surface area contributed by atoms with E-state index in [4.69, 9.17) is 5.11 Å². The minimum atomic E-state index is -0.743. The lowest BCUT2D eigenvalue weighted by Gasteiger charge is -2.33. The monoisotopic (exact) mass is 401 g/mol. The zero-order valence-electron chi connectivity index (χ0n) is 17.1. The van der Waals surface area contributed by atoms with Gasteiger partial charge in [-0.2, -0.15) is 0 Å². The Bertz CT molecular complexity index is 1050. The van der Waals surface area contributed by atoms with Crippen molar-refractivity contribution in [3.63, 3.8) is 0 Å². The SMILES string of the molecule is O=C(O)CCCc1ccccc1C1CCN(C(=O)c2cccc3ccccc23)CC1. The molecule has 1 fully saturated rings. The number of carbonyl (C=O) groups is 2. The van der Waals surface area contributed by atoms with Crippen molar-refractivity contribution >= 4 is 22.6 Å². The summed E-state index contributed by atoms with van der Waals surface area (Å²) in [7, 11) is 0. The van der Waals surface area contributed by atoms with Gasteiger partial charge in [0.25, 0.3) is 5.91 Å². The van der Waals surface area contributed by atoms with E-state index in [1.807, 2.05) is 53.4 Å². The van der Waals surface area contributed by atoms with Crippen LogP contribution in [0.5, 0.6) is 0 Å². The number of carboxylic acid groups (broad SMARTS) is 1. The fourth-order valence-corrected chi connectivity index (χ4v) is 4.57. The van der Waals surface area contributed by atoms with Crippen molar-refractivity contribution in [3.8, 4) is 0 Å². The number of piperidine rings is 1. The Morgan fingerprint density at radius 1 is 0.900 bits per heavy atom. The summed E-state index contributed by atoms with van der Waals surface area (Å²) in [5, 5.41) is 11.0. The molecule has 3 aromatic rings. The molecule has 0 saturated carbocycles. The van der Waals surface area contributed by atoms with Gasteiger partial charge in [-0.3, -0.25) is 9.59 Å². The van der Waals surface area contributed by atoms with Crippen molar-refractivity contribution < 1.29 is 14.7 Å². The fraction of sp³-hybridized carbons (Fsp3) is 0.308. The van der Waals surface area contributed by atoms with Gasteiger partial charge in [-0.1, -0.05) is 60.7 Å². The molecule has 1 heterocycles. The smallest absolute Gasteiger partial charge is 0.303 e. The third-order valence-electron chi connectivity index (χ3n) is 6.13. The first-order valence-electron chi connectivity index (χ1n) is 10.7. The van der Waals surface area contributed by atoms with Crippen molar-refractivity contribution in [1.82, 2.24) is 4.90 Å². The number of hydrogen-bond donors (Lipinski definition) is 1. The van der Waals surface area contributed by atoms with Crippen LogP contribution in [-0.2, 0) is 11.2 Å². The maximum absolute atomic E-state index is 13.2. The number of aryl methyl sites for hydroxylation is 1. The minimum absolute atomic E-state index is 0.111. The van der Waals surface area contributed by atoms with E-state index >= 15 is 0 Å². The molecule has 0 aliphatic carbocycles. The summed E-state index contributed by atoms with van der Waals surface area (Å²) in [6, 6.07) is 22.3. The van der Waals surface area contributed by atoms with Gasteiger partial charge in [-0.25, -0.2) is 0 Å². The van der Waals surface area contributed by atoms with E-state index in [1.165, 1.54) is 11.1 Å². The molecule has 0 spiro atoms. The van der Waals surface area contributed by atoms with Gasteiger partial charge in [0.05, 0.1) is 0 Å². The number of benzene rings is 3. The number of hydrogen-bond acceptors (Lipinski definition) is 2. The van der Waals surface area contributed by atoms with Gasteiger partial charge in [-0.15, -0.1) is 0 Å². The second-order valence-electron chi connectivity index (χ2n) is 8.04. The molecule has 154 valence electrons. The van der Waals surface area contributed by atoms with Crippen LogP contribution in [0.1, 0.15) is 53.1 Å². The molecular formula is C26H27NO3. The maximum atomic E-state index is 13.2. The Balaban J connectivity index is 1.44. The van der Waals surface area contributed by atoms with Crippen LogP contribution in [0.3, 0.4) is 0 Å². The Morgan fingerprint density at radius 2 is 1.60 bits per heavy atom. The second kappa shape index (κ2) is 9.12. The molecule has 4 nitrogen and oxygen atoms in total. The van der Waals surface area contributed by atoms with E-state index in [0.717, 1.165) is 48.7 Å². The molecule has 0 radical (unpaired) electrons. The zero-order valence-corrected chi connectivity index (χ0v) is 17.1. The molecule has 1 amide bonds. The summed E-state index contributed by atoms with van der Waals surface area (Å²) in [6.45, 7) is 1.49. The fourth-order valence-electron chi connectivity index (χ4n) is 4.57. The lowest BCUT2D eigenvalue weighted by Crippen LogP contribution is -2.38. The van der Waals surface area contributed by atoms with E-state index in [0.29, 0.717) is 12.3 Å². The quantitative estimate of drug-likeness (QED) is 0.612. The van der Waals surface area contributed by atoms with Gasteiger partial charge in [0.15, 0.2) is 0 Å². The topological polar surface area (TPSA) is 57.6 Å². The molecule has 0 atom stereocenters. The summed E-state index contributed by atoms with van der Waals surface area (Å²) in [5.41, 5.74) is 3.35. The number of carbonyl (C=O) groups excluding carboxylic acids is 1. The van der Waals surface area contributed by atoms with E-state index < -0.39 is 5.97 Å². The van der Waals surface area contributed by atoms with Crippen molar-refractivity contribution in [3.05, 3.63) is 83.4 Å². The summed E-state index contributed by atoms with van der Waals surface area (Å²) in [4.78, 5) is 26.0. The average molecular weight is 402 g/mol. The number of nitrogens with zero attached hydrogens (tertiary/aromatic N) is 1. The first-order chi connectivity index (χ1) is 14.6. The number of amides is 1. The predicted octanol–water partition coefficient (Wildman–Crippen LogP) is 5.27. The third kappa shape index (κ3) is 4.38. The second-order valence-corrected chi connectivity index (χ2v) is 8.04. The van der Waals surface area contributed by atoms with Gasteiger partial charge in [0.1, 0.15) is 0 Å². The van der Waals surface area contributed by atoms with Crippen LogP contribution in [0.4, 0.5) is 0 Å². The molecule has 1 aliphatic rings. The summed E-state index contributed by atoms with van der Waals surface area (Å²) in [5.74, 6) is -0.213. The molecule has 0 aromatic heterocycles. The van der Waals surface area contributed by atoms with E-state index in [1.54, 1.807) is 0 Å². The highest BCUT2D eigenvalue weighted by atomic mass is 16.4. The van der Waals surface area contributed by atoms with Crippen LogP contribution in [0.15, 0.2) is 66.7 Å². The van der Waals surface area contributed by atoms with Crippen LogP contribution < -0.4 is 0 Å². The largest absolute Gasteiger partial charge is 0.481 e. The van der Waals surface area contributed by atoms with Gasteiger partial charge in [-0.05, 0) is 59.6 Å². The molecular weight excluding hydrogens is 374 g/mol. The molecule has 4 heteroatoms. The third-order valence-corrected chi connectivity index (χ3v) is 6.13. The number of likely N-dealkylation sites (tertiary alicyclic amines) is 1. The first-order valence-corrected chi connectivity index (χ1v) is 10.7. The van der Waals surface area contributed by atoms with E-state index in [2.05, 4.69) is 18.2 Å². The van der Waals surface area contributed by atoms with Gasteiger partial charge < -0.3 is 10.0 Å². The van der Waals surface area contributed by atoms with Crippen molar-refractivity contribution in [2.24, 2.45) is 0 Å². The number of rotatable bonds is 6. The minimum Gasteiger partial charge on any atom is -0.481 e. The summed E-state index contributed by atoms with van der Waals surface area (Å²) >= 11 is 0. The first kappa shape index (κ1) is 20.1. The molecule has 30 heavy (non-hydrogen) atoms. The lowest BCUT2D eigenvalue weighted by atomic mass is 9.85. The van der Waals surface area contributed by atoms with Crippen molar-refractivity contribution in [2.45, 2.75) is 38.0 Å². The Kier molecular flexibility index (Phi) is 6.12. The normalized spacial score (nSPS) is 14.7. The van der Waals surface area contributed by atoms with Gasteiger partial charge in [0, 0.05) is 25.1 Å². The molecule has 1 N–H and O–H groups in total. The Morgan fingerprint density at radius 3 is 2.40 bits per heavy atom. The van der Waals surface area contributed by atoms with E-state index in [-0.39, 0.29) is 12.3 Å². The number of aliphatic carboxylic acids is 1. The number of fused-ring (bicyclic) bond motifs is 1. The van der Waals surface area contributed by atoms with Crippen molar-refractivity contribution in [1.29, 1.82) is 0 Å². The highest BCUT2D eigenvalue weighted by molar-refractivity contribution is 6.07. The molecule has 1 saturated heterocycles. The zero-order chi connectivity index (χ0) is 20.9. The average Bonchev–Trinajstić information content (AvgIpc) is 2.78. The van der Waals surface area contributed by atoms with Crippen molar-refractivity contribution in [2.75, 3.05) is 13.1 Å². The van der Waals surface area contributed by atoms with Crippen LogP contribution in [0.25, 0.3) is 10.8 Å². The van der Waals surface area contributed by atoms with Gasteiger partial charge in [0.2, 0.25) is 0 Å². The standard InChI is InChI=1S/C26H27NO3/c28-25(29)14-6-10-19-7-1-3-11-22(19)21-15-17-27(18-16-21)26(30)24-13-5-9-20-8-2-4-12-23(20)24/h1-5,7-9,11-13,21H,6,10,14-18H2,(H,28,29). The lowest BCUT2D eigenvalue weighted by molar-refractivity contribution is -0.137. The highest BCUT2D eigenvalue weighted by Crippen LogP contribution is 2.32. The van der Waals surface area contributed by atoms with E-state index in [9.17, 15) is 9.59 Å². The van der Waals surface area contributed by atoms with Crippen LogP contribution in [0, 0.1) is 0 Å². The Labute approximate surface area is 177 Å². The predicted molar refractivity (Wildman–Crippen MR) is 119 cm³/mol. The highest BCUT2D eigenvalue weighted by Gasteiger charge is 2.26. The molecule has 0 unspecified atom stereocenters. The molecule has 3 aromatic carbocycles. The number of carboxylic acids is 1. The summed E-state index contributed by atoms with van der Waals surface area (Å²) in [6.07, 6.45) is 3.52. The maximum Gasteiger partial charge on any atom is 0.303 e. The summed E-state index contributed by atoms with van der Waals surface area (Å²) < 4.78 is 0. The molecule has 4 rings (SSSR count). The Hall–Kier alpha value is -3.14. The van der Waals surface area contributed by atoms with Crippen LogP contribution in [0.2, 0.25) is 0 Å². The molecule has 0 bridgehead atoms. The van der Waals surface area contributed by atoms with Gasteiger partial charge >= 0.3 is 5.97 Å². The van der Waals surface area contributed by atoms with Crippen LogP contribution in [-0.4, -0.2) is 35.0 Å².